The Morgan fingerprint density at radius 1 is 1.33 bits per heavy atom. The number of hydrogen-bond acceptors (Lipinski definition) is 3. The summed E-state index contributed by atoms with van der Waals surface area (Å²) in [7, 11) is 0. The first-order valence-corrected chi connectivity index (χ1v) is 7.59. The summed E-state index contributed by atoms with van der Waals surface area (Å²) >= 11 is 6.11. The van der Waals surface area contributed by atoms with Crippen LogP contribution >= 0.6 is 11.6 Å². The van der Waals surface area contributed by atoms with Crippen molar-refractivity contribution < 1.29 is 14.6 Å². The molecule has 1 aromatic rings. The van der Waals surface area contributed by atoms with Crippen molar-refractivity contribution in [3.63, 3.8) is 0 Å². The van der Waals surface area contributed by atoms with Crippen LogP contribution in [0.3, 0.4) is 0 Å². The van der Waals surface area contributed by atoms with Gasteiger partial charge in [-0.15, -0.1) is 0 Å². The first-order chi connectivity index (χ1) is 10.2. The van der Waals surface area contributed by atoms with Gasteiger partial charge in [0.15, 0.2) is 0 Å². The molecule has 1 aliphatic rings. The van der Waals surface area contributed by atoms with Crippen molar-refractivity contribution >= 4 is 23.6 Å². The summed E-state index contributed by atoms with van der Waals surface area (Å²) in [6.45, 7) is 3.72. The zero-order valence-electron chi connectivity index (χ0n) is 11.9. The number of nitrogens with zero attached hydrogens (tertiary/aromatic N) is 1. The average Bonchev–Trinajstić information content (AvgIpc) is 2.47. The van der Waals surface area contributed by atoms with Crippen LogP contribution in [0.5, 0.6) is 5.75 Å². The molecule has 1 fully saturated rings. The van der Waals surface area contributed by atoms with Gasteiger partial charge in [-0.1, -0.05) is 24.1 Å². The van der Waals surface area contributed by atoms with E-state index in [1.165, 1.54) is 25.3 Å². The number of halogens is 1. The molecule has 2 rings (SSSR count). The highest BCUT2D eigenvalue weighted by Gasteiger charge is 2.11. The van der Waals surface area contributed by atoms with Gasteiger partial charge in [0.05, 0.1) is 5.02 Å². The normalized spacial score (nSPS) is 16.2. The quantitative estimate of drug-likeness (QED) is 0.819. The van der Waals surface area contributed by atoms with E-state index in [9.17, 15) is 4.79 Å². The minimum atomic E-state index is -1.01. The van der Waals surface area contributed by atoms with Crippen LogP contribution in [-0.4, -0.2) is 42.2 Å². The summed E-state index contributed by atoms with van der Waals surface area (Å²) in [5.41, 5.74) is 0.611. The Hall–Kier alpha value is -1.52. The van der Waals surface area contributed by atoms with Crippen molar-refractivity contribution in [1.29, 1.82) is 0 Å². The average molecular weight is 310 g/mol. The van der Waals surface area contributed by atoms with E-state index < -0.39 is 5.97 Å². The topological polar surface area (TPSA) is 49.8 Å². The minimum absolute atomic E-state index is 0.489. The Kier molecular flexibility index (Phi) is 6.08. The highest BCUT2D eigenvalue weighted by atomic mass is 35.5. The van der Waals surface area contributed by atoms with Crippen LogP contribution in [0.4, 0.5) is 0 Å². The molecule has 4 nitrogen and oxygen atoms in total. The third kappa shape index (κ3) is 5.06. The number of ether oxygens (including phenoxy) is 1. The van der Waals surface area contributed by atoms with Crippen LogP contribution in [-0.2, 0) is 4.79 Å². The number of hydrogen-bond donors (Lipinski definition) is 1. The lowest BCUT2D eigenvalue weighted by Gasteiger charge is -2.26. The smallest absolute Gasteiger partial charge is 0.328 e. The molecule has 5 heteroatoms. The Labute approximate surface area is 130 Å². The molecule has 1 aliphatic heterocycles. The van der Waals surface area contributed by atoms with Crippen molar-refractivity contribution in [3.8, 4) is 5.75 Å². The van der Waals surface area contributed by atoms with Gasteiger partial charge in [0.25, 0.3) is 0 Å². The lowest BCUT2D eigenvalue weighted by molar-refractivity contribution is -0.131. The zero-order chi connectivity index (χ0) is 15.1. The molecule has 114 valence electrons. The van der Waals surface area contributed by atoms with E-state index in [0.717, 1.165) is 25.7 Å². The number of carbonyl (C=O) groups is 1. The summed E-state index contributed by atoms with van der Waals surface area (Å²) in [5, 5.41) is 9.21. The summed E-state index contributed by atoms with van der Waals surface area (Å²) in [5.74, 6) is -0.383. The number of aliphatic carboxylic acids is 1. The predicted molar refractivity (Wildman–Crippen MR) is 83.9 cm³/mol. The molecule has 1 saturated heterocycles. The van der Waals surface area contributed by atoms with Gasteiger partial charge in [-0.25, -0.2) is 4.79 Å². The molecule has 1 heterocycles. The van der Waals surface area contributed by atoms with E-state index in [1.54, 1.807) is 12.1 Å². The van der Waals surface area contributed by atoms with E-state index in [-0.39, 0.29) is 0 Å². The highest BCUT2D eigenvalue weighted by molar-refractivity contribution is 6.32. The Balaban J connectivity index is 1.95. The van der Waals surface area contributed by atoms with Crippen LogP contribution in [0.15, 0.2) is 24.3 Å². The Morgan fingerprint density at radius 3 is 2.81 bits per heavy atom. The molecular formula is C16H20ClNO3. The van der Waals surface area contributed by atoms with Gasteiger partial charge in [0.1, 0.15) is 12.4 Å². The number of carboxylic acid groups (broad SMARTS) is 1. The van der Waals surface area contributed by atoms with Gasteiger partial charge >= 0.3 is 5.97 Å². The van der Waals surface area contributed by atoms with Crippen LogP contribution in [0.2, 0.25) is 5.02 Å². The highest BCUT2D eigenvalue weighted by Crippen LogP contribution is 2.27. The SMILES string of the molecule is O=C(O)/C=C/c1c(Cl)cccc1OCCN1CCCCC1. The van der Waals surface area contributed by atoms with Gasteiger partial charge < -0.3 is 9.84 Å². The molecule has 0 atom stereocenters. The van der Waals surface area contributed by atoms with E-state index in [0.29, 0.717) is 22.9 Å². The molecule has 0 aliphatic carbocycles. The van der Waals surface area contributed by atoms with E-state index in [4.69, 9.17) is 21.4 Å². The molecule has 1 N–H and O–H groups in total. The lowest BCUT2D eigenvalue weighted by Crippen LogP contribution is -2.33. The van der Waals surface area contributed by atoms with E-state index >= 15 is 0 Å². The number of carboxylic acids is 1. The number of benzene rings is 1. The first kappa shape index (κ1) is 15.9. The molecular weight excluding hydrogens is 290 g/mol. The number of rotatable bonds is 6. The fourth-order valence-electron chi connectivity index (χ4n) is 2.43. The van der Waals surface area contributed by atoms with Crippen LogP contribution < -0.4 is 4.74 Å². The molecule has 21 heavy (non-hydrogen) atoms. The van der Waals surface area contributed by atoms with Crippen molar-refractivity contribution in [2.24, 2.45) is 0 Å². The van der Waals surface area contributed by atoms with Gasteiger partial charge in [-0.05, 0) is 44.1 Å². The van der Waals surface area contributed by atoms with Gasteiger partial charge in [0.2, 0.25) is 0 Å². The maximum absolute atomic E-state index is 10.6. The number of piperidine rings is 1. The van der Waals surface area contributed by atoms with Crippen molar-refractivity contribution in [3.05, 3.63) is 34.9 Å². The fourth-order valence-corrected chi connectivity index (χ4v) is 2.66. The second kappa shape index (κ2) is 8.05. The molecule has 0 radical (unpaired) electrons. The minimum Gasteiger partial charge on any atom is -0.492 e. The van der Waals surface area contributed by atoms with Crippen LogP contribution in [0, 0.1) is 0 Å². The van der Waals surface area contributed by atoms with Gasteiger partial charge in [-0.3, -0.25) is 4.90 Å². The van der Waals surface area contributed by atoms with Crippen molar-refractivity contribution in [2.75, 3.05) is 26.2 Å². The predicted octanol–water partition coefficient (Wildman–Crippen LogP) is 3.30. The Bertz CT molecular complexity index is 510. The van der Waals surface area contributed by atoms with Gasteiger partial charge in [-0.2, -0.15) is 0 Å². The standard InChI is InChI=1S/C16H20ClNO3/c17-14-5-4-6-15(13(14)7-8-16(19)20)21-12-11-18-9-2-1-3-10-18/h4-8H,1-3,9-12H2,(H,19,20)/b8-7+. The zero-order valence-corrected chi connectivity index (χ0v) is 12.7. The van der Waals surface area contributed by atoms with Crippen molar-refractivity contribution in [2.45, 2.75) is 19.3 Å². The summed E-state index contributed by atoms with van der Waals surface area (Å²) in [6.07, 6.45) is 6.36. The second-order valence-corrected chi connectivity index (χ2v) is 5.48. The van der Waals surface area contributed by atoms with E-state index in [2.05, 4.69) is 4.90 Å². The molecule has 0 unspecified atom stereocenters. The molecule has 0 amide bonds. The lowest BCUT2D eigenvalue weighted by atomic mass is 10.1. The number of likely N-dealkylation sites (tertiary alicyclic amines) is 1. The second-order valence-electron chi connectivity index (χ2n) is 5.07. The summed E-state index contributed by atoms with van der Waals surface area (Å²) in [4.78, 5) is 13.0. The van der Waals surface area contributed by atoms with Crippen molar-refractivity contribution in [1.82, 2.24) is 4.90 Å². The van der Waals surface area contributed by atoms with Gasteiger partial charge in [0, 0.05) is 18.2 Å². The third-order valence-corrected chi connectivity index (χ3v) is 3.85. The van der Waals surface area contributed by atoms with E-state index in [1.807, 2.05) is 6.07 Å². The third-order valence-electron chi connectivity index (χ3n) is 3.52. The summed E-state index contributed by atoms with van der Waals surface area (Å²) < 4.78 is 5.78. The molecule has 0 bridgehead atoms. The molecule has 0 spiro atoms. The first-order valence-electron chi connectivity index (χ1n) is 7.21. The van der Waals surface area contributed by atoms with Crippen LogP contribution in [0.1, 0.15) is 24.8 Å². The maximum Gasteiger partial charge on any atom is 0.328 e. The fraction of sp³-hybridized carbons (Fsp3) is 0.438. The monoisotopic (exact) mass is 309 g/mol. The maximum atomic E-state index is 10.6. The largest absolute Gasteiger partial charge is 0.492 e. The Morgan fingerprint density at radius 2 is 2.10 bits per heavy atom. The summed E-state index contributed by atoms with van der Waals surface area (Å²) in [6, 6.07) is 5.33. The molecule has 1 aromatic carbocycles. The molecule has 0 saturated carbocycles. The van der Waals surface area contributed by atoms with Crippen LogP contribution in [0.25, 0.3) is 6.08 Å². The molecule has 0 aromatic heterocycles.